The predicted molar refractivity (Wildman–Crippen MR) is 80.3 cm³/mol. The first kappa shape index (κ1) is 15.4. The van der Waals surface area contributed by atoms with Gasteiger partial charge in [-0.1, -0.05) is 29.3 Å². The second-order valence-corrected chi connectivity index (χ2v) is 5.77. The second-order valence-electron chi connectivity index (χ2n) is 4.99. The molecule has 2 N–H and O–H groups in total. The molecule has 2 rings (SSSR count). The summed E-state index contributed by atoms with van der Waals surface area (Å²) in [5.41, 5.74) is 5.63. The fraction of sp³-hybridized carbons (Fsp3) is 0.500. The third-order valence-corrected chi connectivity index (χ3v) is 4.30. The van der Waals surface area contributed by atoms with Gasteiger partial charge in [-0.2, -0.15) is 0 Å². The average Bonchev–Trinajstić information content (AvgIpc) is 2.91. The van der Waals surface area contributed by atoms with Crippen molar-refractivity contribution in [2.75, 3.05) is 19.6 Å². The van der Waals surface area contributed by atoms with Crippen LogP contribution < -0.4 is 10.5 Å². The van der Waals surface area contributed by atoms with Crippen molar-refractivity contribution >= 4 is 29.1 Å². The molecule has 0 unspecified atom stereocenters. The molecule has 0 aromatic heterocycles. The maximum absolute atomic E-state index is 12.3. The monoisotopic (exact) mass is 316 g/mol. The van der Waals surface area contributed by atoms with Gasteiger partial charge in [0.15, 0.2) is 6.10 Å². The maximum atomic E-state index is 12.3. The molecule has 1 amide bonds. The highest BCUT2D eigenvalue weighted by atomic mass is 35.5. The molecular weight excluding hydrogens is 299 g/mol. The van der Waals surface area contributed by atoms with E-state index in [1.54, 1.807) is 30.0 Å². The van der Waals surface area contributed by atoms with Crippen LogP contribution >= 0.6 is 23.2 Å². The number of ether oxygens (including phenoxy) is 1. The fourth-order valence-electron chi connectivity index (χ4n) is 2.30. The zero-order valence-corrected chi connectivity index (χ0v) is 12.8. The van der Waals surface area contributed by atoms with Crippen LogP contribution in [0.5, 0.6) is 5.75 Å². The van der Waals surface area contributed by atoms with Crippen molar-refractivity contribution in [3.05, 3.63) is 28.2 Å². The van der Waals surface area contributed by atoms with Crippen molar-refractivity contribution in [1.29, 1.82) is 0 Å². The summed E-state index contributed by atoms with van der Waals surface area (Å²) in [6.07, 6.45) is 0.356. The minimum Gasteiger partial charge on any atom is -0.479 e. The Labute approximate surface area is 128 Å². The van der Waals surface area contributed by atoms with Gasteiger partial charge >= 0.3 is 0 Å². The molecule has 0 saturated carbocycles. The van der Waals surface area contributed by atoms with E-state index in [1.165, 1.54) is 0 Å². The van der Waals surface area contributed by atoms with Crippen molar-refractivity contribution in [2.24, 2.45) is 11.7 Å². The standard InChI is InChI=1S/C14H18Cl2N2O2/c1-9(14(19)18-6-5-10(7-17)8-18)20-12-4-2-3-11(15)13(12)16/h2-4,9-10H,5-8,17H2,1H3/t9-,10-/m0/s1. The summed E-state index contributed by atoms with van der Waals surface area (Å²) in [6, 6.07) is 5.11. The van der Waals surface area contributed by atoms with Gasteiger partial charge in [0.25, 0.3) is 5.91 Å². The van der Waals surface area contributed by atoms with Crippen molar-refractivity contribution in [2.45, 2.75) is 19.4 Å². The molecule has 6 heteroatoms. The van der Waals surface area contributed by atoms with E-state index in [-0.39, 0.29) is 5.91 Å². The van der Waals surface area contributed by atoms with E-state index in [0.717, 1.165) is 13.0 Å². The highest BCUT2D eigenvalue weighted by Crippen LogP contribution is 2.32. The number of carbonyl (C=O) groups is 1. The van der Waals surface area contributed by atoms with E-state index in [4.69, 9.17) is 33.7 Å². The largest absolute Gasteiger partial charge is 0.479 e. The molecule has 110 valence electrons. The summed E-state index contributed by atoms with van der Waals surface area (Å²) in [6.45, 7) is 3.76. The molecule has 1 aromatic rings. The summed E-state index contributed by atoms with van der Waals surface area (Å²) in [7, 11) is 0. The summed E-state index contributed by atoms with van der Waals surface area (Å²) >= 11 is 12.0. The molecule has 1 aliphatic rings. The molecule has 0 radical (unpaired) electrons. The summed E-state index contributed by atoms with van der Waals surface area (Å²) in [4.78, 5) is 14.1. The minimum absolute atomic E-state index is 0.0445. The first-order valence-electron chi connectivity index (χ1n) is 6.62. The molecule has 1 fully saturated rings. The summed E-state index contributed by atoms with van der Waals surface area (Å²) in [5, 5.41) is 0.739. The van der Waals surface area contributed by atoms with E-state index >= 15 is 0 Å². The summed E-state index contributed by atoms with van der Waals surface area (Å²) in [5.74, 6) is 0.771. The minimum atomic E-state index is -0.595. The molecule has 1 aromatic carbocycles. The van der Waals surface area contributed by atoms with Gasteiger partial charge in [0.2, 0.25) is 0 Å². The van der Waals surface area contributed by atoms with Crippen molar-refractivity contribution in [3.8, 4) is 5.75 Å². The number of nitrogens with zero attached hydrogens (tertiary/aromatic N) is 1. The van der Waals surface area contributed by atoms with Crippen LogP contribution in [-0.2, 0) is 4.79 Å². The average molecular weight is 317 g/mol. The number of amides is 1. The van der Waals surface area contributed by atoms with Crippen LogP contribution in [0.4, 0.5) is 0 Å². The van der Waals surface area contributed by atoms with E-state index in [0.29, 0.717) is 34.8 Å². The molecule has 0 bridgehead atoms. The molecule has 0 spiro atoms. The lowest BCUT2D eigenvalue weighted by Crippen LogP contribution is -2.39. The van der Waals surface area contributed by atoms with E-state index in [9.17, 15) is 4.79 Å². The van der Waals surface area contributed by atoms with Crippen LogP contribution in [0.1, 0.15) is 13.3 Å². The van der Waals surface area contributed by atoms with Gasteiger partial charge in [-0.15, -0.1) is 0 Å². The van der Waals surface area contributed by atoms with Gasteiger partial charge in [0.1, 0.15) is 10.8 Å². The first-order chi connectivity index (χ1) is 9.52. The Kier molecular flexibility index (Phi) is 5.13. The van der Waals surface area contributed by atoms with Crippen LogP contribution in [0.3, 0.4) is 0 Å². The Morgan fingerprint density at radius 2 is 2.30 bits per heavy atom. The number of rotatable bonds is 4. The molecule has 0 aliphatic carbocycles. The van der Waals surface area contributed by atoms with Crippen LogP contribution in [0.2, 0.25) is 10.0 Å². The van der Waals surface area contributed by atoms with Crippen molar-refractivity contribution in [1.82, 2.24) is 4.90 Å². The zero-order valence-electron chi connectivity index (χ0n) is 11.3. The van der Waals surface area contributed by atoms with Crippen molar-refractivity contribution in [3.63, 3.8) is 0 Å². The molecule has 1 aliphatic heterocycles. The first-order valence-corrected chi connectivity index (χ1v) is 7.38. The molecular formula is C14H18Cl2N2O2. The van der Waals surface area contributed by atoms with Gasteiger partial charge in [0.05, 0.1) is 5.02 Å². The van der Waals surface area contributed by atoms with Crippen LogP contribution in [0, 0.1) is 5.92 Å². The predicted octanol–water partition coefficient (Wildman–Crippen LogP) is 2.57. The van der Waals surface area contributed by atoms with Gasteiger partial charge in [0, 0.05) is 13.1 Å². The Hall–Kier alpha value is -0.970. The number of hydrogen-bond donors (Lipinski definition) is 1. The molecule has 4 nitrogen and oxygen atoms in total. The van der Waals surface area contributed by atoms with Gasteiger partial charge in [-0.3, -0.25) is 4.79 Å². The van der Waals surface area contributed by atoms with E-state index < -0.39 is 6.10 Å². The number of hydrogen-bond acceptors (Lipinski definition) is 3. The highest BCUT2D eigenvalue weighted by Gasteiger charge is 2.29. The van der Waals surface area contributed by atoms with E-state index in [1.807, 2.05) is 0 Å². The van der Waals surface area contributed by atoms with Crippen LogP contribution in [0.15, 0.2) is 18.2 Å². The number of likely N-dealkylation sites (tertiary alicyclic amines) is 1. The highest BCUT2D eigenvalue weighted by molar-refractivity contribution is 6.42. The zero-order chi connectivity index (χ0) is 14.7. The van der Waals surface area contributed by atoms with Crippen LogP contribution in [0.25, 0.3) is 0 Å². The van der Waals surface area contributed by atoms with Gasteiger partial charge < -0.3 is 15.4 Å². The smallest absolute Gasteiger partial charge is 0.263 e. The number of carbonyl (C=O) groups excluding carboxylic acids is 1. The van der Waals surface area contributed by atoms with Crippen LogP contribution in [-0.4, -0.2) is 36.5 Å². The lowest BCUT2D eigenvalue weighted by atomic mass is 10.1. The number of nitrogens with two attached hydrogens (primary N) is 1. The van der Waals surface area contributed by atoms with Gasteiger partial charge in [-0.05, 0) is 37.9 Å². The molecule has 1 saturated heterocycles. The summed E-state index contributed by atoms with van der Waals surface area (Å²) < 4.78 is 5.63. The number of benzene rings is 1. The molecule has 1 heterocycles. The Balaban J connectivity index is 1.99. The van der Waals surface area contributed by atoms with Crippen molar-refractivity contribution < 1.29 is 9.53 Å². The Morgan fingerprint density at radius 1 is 1.55 bits per heavy atom. The topological polar surface area (TPSA) is 55.6 Å². The third kappa shape index (κ3) is 3.37. The fourth-order valence-corrected chi connectivity index (χ4v) is 2.63. The Morgan fingerprint density at radius 3 is 2.95 bits per heavy atom. The lowest BCUT2D eigenvalue weighted by Gasteiger charge is -2.22. The number of halogens is 2. The third-order valence-electron chi connectivity index (χ3n) is 3.50. The lowest BCUT2D eigenvalue weighted by molar-refractivity contribution is -0.136. The maximum Gasteiger partial charge on any atom is 0.263 e. The quantitative estimate of drug-likeness (QED) is 0.928. The Bertz CT molecular complexity index is 496. The molecule has 2 atom stereocenters. The van der Waals surface area contributed by atoms with Gasteiger partial charge in [-0.25, -0.2) is 0 Å². The second kappa shape index (κ2) is 6.66. The molecule has 20 heavy (non-hydrogen) atoms. The van der Waals surface area contributed by atoms with E-state index in [2.05, 4.69) is 0 Å². The normalized spacial score (nSPS) is 20.0. The SMILES string of the molecule is C[C@H](Oc1cccc(Cl)c1Cl)C(=O)N1CC[C@@H](CN)C1.